The Balaban J connectivity index is 1.54. The van der Waals surface area contributed by atoms with Crippen LogP contribution in [0.25, 0.3) is 11.5 Å². The highest BCUT2D eigenvalue weighted by atomic mass is 16.5. The van der Waals surface area contributed by atoms with Gasteiger partial charge in [0.05, 0.1) is 6.10 Å². The third kappa shape index (κ3) is 2.65. The summed E-state index contributed by atoms with van der Waals surface area (Å²) in [6.45, 7) is 1.91. The van der Waals surface area contributed by atoms with Crippen LogP contribution in [0.2, 0.25) is 0 Å². The largest absolute Gasteiger partial charge is 0.385 e. The van der Waals surface area contributed by atoms with Gasteiger partial charge in [-0.25, -0.2) is 0 Å². The SMILES string of the molecule is c1cc2c(cc1-c1nc(CC3CCCO3)no1)CCCN2. The van der Waals surface area contributed by atoms with Crippen molar-refractivity contribution in [3.63, 3.8) is 0 Å². The highest BCUT2D eigenvalue weighted by molar-refractivity contribution is 5.63. The van der Waals surface area contributed by atoms with Gasteiger partial charge in [-0.1, -0.05) is 5.16 Å². The maximum absolute atomic E-state index is 5.62. The number of nitrogens with one attached hydrogen (secondary N) is 1. The van der Waals surface area contributed by atoms with Gasteiger partial charge in [0.1, 0.15) is 0 Å². The second kappa shape index (κ2) is 5.48. The lowest BCUT2D eigenvalue weighted by atomic mass is 10.0. The Labute approximate surface area is 123 Å². The van der Waals surface area contributed by atoms with Crippen molar-refractivity contribution in [1.82, 2.24) is 10.1 Å². The van der Waals surface area contributed by atoms with Crippen molar-refractivity contribution in [2.24, 2.45) is 0 Å². The average molecular weight is 285 g/mol. The quantitative estimate of drug-likeness (QED) is 0.939. The maximum Gasteiger partial charge on any atom is 0.257 e. The van der Waals surface area contributed by atoms with Crippen LogP contribution < -0.4 is 5.32 Å². The van der Waals surface area contributed by atoms with Gasteiger partial charge in [-0.2, -0.15) is 4.98 Å². The molecular formula is C16H19N3O2. The predicted molar refractivity (Wildman–Crippen MR) is 79.2 cm³/mol. The van der Waals surface area contributed by atoms with Crippen LogP contribution in [0.1, 0.15) is 30.7 Å². The second-order valence-electron chi connectivity index (χ2n) is 5.76. The Morgan fingerprint density at radius 3 is 3.19 bits per heavy atom. The number of hydrogen-bond acceptors (Lipinski definition) is 5. The number of anilines is 1. The Morgan fingerprint density at radius 1 is 1.29 bits per heavy atom. The van der Waals surface area contributed by atoms with Crippen LogP contribution in [0, 0.1) is 0 Å². The molecule has 0 bridgehead atoms. The molecule has 1 saturated heterocycles. The minimum atomic E-state index is 0.253. The fraction of sp³-hybridized carbons (Fsp3) is 0.500. The van der Waals surface area contributed by atoms with E-state index in [2.05, 4.69) is 27.6 Å². The molecule has 1 atom stereocenters. The first kappa shape index (κ1) is 12.8. The first-order valence-corrected chi connectivity index (χ1v) is 7.70. The van der Waals surface area contributed by atoms with Gasteiger partial charge >= 0.3 is 0 Å². The number of aromatic nitrogens is 2. The summed E-state index contributed by atoms with van der Waals surface area (Å²) < 4.78 is 11.0. The van der Waals surface area contributed by atoms with E-state index in [1.807, 2.05) is 6.07 Å². The van der Waals surface area contributed by atoms with E-state index in [9.17, 15) is 0 Å². The fourth-order valence-electron chi connectivity index (χ4n) is 3.07. The van der Waals surface area contributed by atoms with E-state index in [1.165, 1.54) is 17.7 Å². The molecule has 0 amide bonds. The Morgan fingerprint density at radius 2 is 2.29 bits per heavy atom. The van der Waals surface area contributed by atoms with Crippen LogP contribution in [-0.4, -0.2) is 29.4 Å². The molecule has 4 rings (SSSR count). The average Bonchev–Trinajstić information content (AvgIpc) is 3.19. The summed E-state index contributed by atoms with van der Waals surface area (Å²) >= 11 is 0. The molecule has 0 radical (unpaired) electrons. The van der Waals surface area contributed by atoms with Crippen molar-refractivity contribution >= 4 is 5.69 Å². The van der Waals surface area contributed by atoms with Gasteiger partial charge < -0.3 is 14.6 Å². The van der Waals surface area contributed by atoms with Gasteiger partial charge in [-0.15, -0.1) is 0 Å². The molecule has 110 valence electrons. The minimum absolute atomic E-state index is 0.253. The molecule has 0 aliphatic carbocycles. The second-order valence-corrected chi connectivity index (χ2v) is 5.76. The van der Waals surface area contributed by atoms with Gasteiger partial charge in [0.15, 0.2) is 5.82 Å². The molecule has 0 saturated carbocycles. The standard InChI is InChI=1S/C16H19N3O2/c1-3-11-9-12(5-6-14(11)17-7-1)16-18-15(19-21-16)10-13-4-2-8-20-13/h5-6,9,13,17H,1-4,7-8,10H2. The van der Waals surface area contributed by atoms with Crippen LogP contribution in [0.3, 0.4) is 0 Å². The Bertz CT molecular complexity index is 632. The number of fused-ring (bicyclic) bond motifs is 1. The third-order valence-electron chi connectivity index (χ3n) is 4.19. The first-order valence-electron chi connectivity index (χ1n) is 7.70. The zero-order chi connectivity index (χ0) is 14.1. The summed E-state index contributed by atoms with van der Waals surface area (Å²) in [5.74, 6) is 1.35. The van der Waals surface area contributed by atoms with E-state index >= 15 is 0 Å². The lowest BCUT2D eigenvalue weighted by Gasteiger charge is -2.17. The zero-order valence-corrected chi connectivity index (χ0v) is 12.0. The highest BCUT2D eigenvalue weighted by Crippen LogP contribution is 2.27. The number of hydrogen-bond donors (Lipinski definition) is 1. The summed E-state index contributed by atoms with van der Waals surface area (Å²) in [7, 11) is 0. The molecule has 1 fully saturated rings. The predicted octanol–water partition coefficient (Wildman–Crippen LogP) is 2.82. The molecule has 5 nitrogen and oxygen atoms in total. The van der Waals surface area contributed by atoms with Gasteiger partial charge in [0, 0.05) is 30.8 Å². The van der Waals surface area contributed by atoms with Gasteiger partial charge in [0.25, 0.3) is 5.89 Å². The van der Waals surface area contributed by atoms with E-state index < -0.39 is 0 Å². The molecule has 21 heavy (non-hydrogen) atoms. The van der Waals surface area contributed by atoms with Crippen molar-refractivity contribution in [3.05, 3.63) is 29.6 Å². The molecule has 2 aromatic rings. The number of nitrogens with zero attached hydrogens (tertiary/aromatic N) is 2. The summed E-state index contributed by atoms with van der Waals surface area (Å²) in [4.78, 5) is 4.51. The van der Waals surface area contributed by atoms with Gasteiger partial charge in [-0.3, -0.25) is 0 Å². The van der Waals surface area contributed by atoms with Crippen molar-refractivity contribution in [1.29, 1.82) is 0 Å². The van der Waals surface area contributed by atoms with Gasteiger partial charge in [0.2, 0.25) is 0 Å². The number of benzene rings is 1. The summed E-state index contributed by atoms with van der Waals surface area (Å²) in [5, 5.41) is 7.50. The molecule has 3 heterocycles. The molecule has 1 aromatic heterocycles. The molecular weight excluding hydrogens is 266 g/mol. The van der Waals surface area contributed by atoms with Crippen molar-refractivity contribution in [2.75, 3.05) is 18.5 Å². The lowest BCUT2D eigenvalue weighted by molar-refractivity contribution is 0.109. The third-order valence-corrected chi connectivity index (χ3v) is 4.19. The van der Waals surface area contributed by atoms with Crippen molar-refractivity contribution < 1.29 is 9.26 Å². The topological polar surface area (TPSA) is 60.2 Å². The lowest BCUT2D eigenvalue weighted by Crippen LogP contribution is -2.11. The van der Waals surface area contributed by atoms with Crippen LogP contribution in [0.4, 0.5) is 5.69 Å². The number of aryl methyl sites for hydroxylation is 1. The molecule has 5 heteroatoms. The smallest absolute Gasteiger partial charge is 0.257 e. The van der Waals surface area contributed by atoms with Crippen LogP contribution in [0.5, 0.6) is 0 Å². The minimum Gasteiger partial charge on any atom is -0.385 e. The summed E-state index contributed by atoms with van der Waals surface area (Å²) in [6.07, 6.45) is 5.50. The van der Waals surface area contributed by atoms with Crippen LogP contribution >= 0.6 is 0 Å². The highest BCUT2D eigenvalue weighted by Gasteiger charge is 2.20. The summed E-state index contributed by atoms with van der Waals surface area (Å²) in [6, 6.07) is 6.30. The van der Waals surface area contributed by atoms with Crippen molar-refractivity contribution in [3.8, 4) is 11.5 Å². The van der Waals surface area contributed by atoms with E-state index in [1.54, 1.807) is 0 Å². The molecule has 1 N–H and O–H groups in total. The Hall–Kier alpha value is -1.88. The first-order chi connectivity index (χ1) is 10.4. The van der Waals surface area contributed by atoms with Crippen molar-refractivity contribution in [2.45, 2.75) is 38.2 Å². The van der Waals surface area contributed by atoms with E-state index in [0.29, 0.717) is 5.89 Å². The summed E-state index contributed by atoms with van der Waals surface area (Å²) in [5.41, 5.74) is 3.56. The molecule has 0 spiro atoms. The van der Waals surface area contributed by atoms with Crippen LogP contribution in [-0.2, 0) is 17.6 Å². The molecule has 1 unspecified atom stereocenters. The fourth-order valence-corrected chi connectivity index (χ4v) is 3.07. The zero-order valence-electron chi connectivity index (χ0n) is 12.0. The van der Waals surface area contributed by atoms with E-state index in [0.717, 1.165) is 50.2 Å². The monoisotopic (exact) mass is 285 g/mol. The number of rotatable bonds is 3. The number of ether oxygens (including phenoxy) is 1. The molecule has 2 aliphatic rings. The molecule has 2 aliphatic heterocycles. The van der Waals surface area contributed by atoms with Gasteiger partial charge in [-0.05, 0) is 49.4 Å². The molecule has 1 aromatic carbocycles. The van der Waals surface area contributed by atoms with E-state index in [4.69, 9.17) is 9.26 Å². The Kier molecular flexibility index (Phi) is 3.35. The van der Waals surface area contributed by atoms with E-state index in [-0.39, 0.29) is 6.10 Å². The maximum atomic E-state index is 5.62. The van der Waals surface area contributed by atoms with Crippen LogP contribution in [0.15, 0.2) is 22.7 Å². The normalized spacial score (nSPS) is 21.0.